The molecule has 3 aliphatic rings. The molecular formula is C13H16BrF2N3. The van der Waals surface area contributed by atoms with Crippen molar-refractivity contribution in [2.45, 2.75) is 12.1 Å². The number of halogens is 3. The number of benzene rings is 1. The van der Waals surface area contributed by atoms with Gasteiger partial charge < -0.3 is 5.73 Å². The molecule has 2 unspecified atom stereocenters. The normalized spacial score (nSPS) is 31.5. The fraction of sp³-hybridized carbons (Fsp3) is 0.538. The van der Waals surface area contributed by atoms with Gasteiger partial charge in [-0.1, -0.05) is 0 Å². The van der Waals surface area contributed by atoms with Crippen LogP contribution >= 0.6 is 15.9 Å². The highest BCUT2D eigenvalue weighted by molar-refractivity contribution is 9.10. The van der Waals surface area contributed by atoms with E-state index in [0.717, 1.165) is 32.7 Å². The maximum absolute atomic E-state index is 14.1. The lowest BCUT2D eigenvalue weighted by atomic mass is 9.94. The summed E-state index contributed by atoms with van der Waals surface area (Å²) in [7, 11) is 0. The lowest BCUT2D eigenvalue weighted by Crippen LogP contribution is -2.63. The smallest absolute Gasteiger partial charge is 0.145 e. The van der Waals surface area contributed by atoms with Crippen LogP contribution in [-0.2, 0) is 0 Å². The molecular weight excluding hydrogens is 316 g/mol. The zero-order valence-electron chi connectivity index (χ0n) is 10.5. The van der Waals surface area contributed by atoms with Gasteiger partial charge in [0.05, 0.1) is 10.5 Å². The van der Waals surface area contributed by atoms with Crippen molar-refractivity contribution in [3.8, 4) is 0 Å². The number of piperazine rings is 3. The maximum atomic E-state index is 14.1. The molecule has 3 fully saturated rings. The van der Waals surface area contributed by atoms with Crippen molar-refractivity contribution >= 4 is 15.9 Å². The standard InChI is InChI=1S/C13H16BrF2N3/c14-8-1-2-9(15)11(12(8)16)13(17)10-7-18-3-5-19(10)6-4-18/h1-2,10,13H,3-7,17H2. The molecule has 6 heteroatoms. The van der Waals surface area contributed by atoms with Crippen LogP contribution in [0.15, 0.2) is 16.6 Å². The van der Waals surface area contributed by atoms with E-state index in [4.69, 9.17) is 5.73 Å². The van der Waals surface area contributed by atoms with Crippen LogP contribution in [0.3, 0.4) is 0 Å². The molecule has 2 bridgehead atoms. The fourth-order valence-electron chi connectivity index (χ4n) is 3.04. The first-order valence-electron chi connectivity index (χ1n) is 6.43. The molecule has 0 aromatic heterocycles. The lowest BCUT2D eigenvalue weighted by molar-refractivity contribution is 0.00122. The molecule has 19 heavy (non-hydrogen) atoms. The van der Waals surface area contributed by atoms with Crippen molar-refractivity contribution in [2.24, 2.45) is 5.73 Å². The molecule has 3 nitrogen and oxygen atoms in total. The van der Waals surface area contributed by atoms with E-state index < -0.39 is 17.7 Å². The van der Waals surface area contributed by atoms with Crippen LogP contribution in [0, 0.1) is 11.6 Å². The summed E-state index contributed by atoms with van der Waals surface area (Å²) in [6.07, 6.45) is 0. The highest BCUT2D eigenvalue weighted by Gasteiger charge is 2.37. The van der Waals surface area contributed by atoms with E-state index in [-0.39, 0.29) is 16.1 Å². The van der Waals surface area contributed by atoms with Crippen LogP contribution in [0.1, 0.15) is 11.6 Å². The quantitative estimate of drug-likeness (QED) is 0.838. The first-order valence-corrected chi connectivity index (χ1v) is 7.22. The summed E-state index contributed by atoms with van der Waals surface area (Å²) >= 11 is 3.09. The van der Waals surface area contributed by atoms with Gasteiger partial charge in [-0.15, -0.1) is 0 Å². The molecule has 0 radical (unpaired) electrons. The second-order valence-electron chi connectivity index (χ2n) is 5.19. The van der Waals surface area contributed by atoms with Crippen LogP contribution in [-0.4, -0.2) is 48.6 Å². The number of hydrogen-bond donors (Lipinski definition) is 1. The summed E-state index contributed by atoms with van der Waals surface area (Å²) < 4.78 is 28.3. The molecule has 3 aliphatic heterocycles. The Morgan fingerprint density at radius 2 is 1.89 bits per heavy atom. The minimum absolute atomic E-state index is 0.00637. The Kier molecular flexibility index (Phi) is 3.59. The molecule has 2 N–H and O–H groups in total. The van der Waals surface area contributed by atoms with E-state index in [9.17, 15) is 8.78 Å². The van der Waals surface area contributed by atoms with Gasteiger partial charge in [-0.3, -0.25) is 9.80 Å². The predicted octanol–water partition coefficient (Wildman–Crippen LogP) is 1.73. The average Bonchev–Trinajstić information content (AvgIpc) is 2.44. The Hall–Kier alpha value is -0.560. The van der Waals surface area contributed by atoms with Crippen molar-refractivity contribution < 1.29 is 8.78 Å². The first-order chi connectivity index (χ1) is 9.08. The number of hydrogen-bond acceptors (Lipinski definition) is 3. The second kappa shape index (κ2) is 5.09. The monoisotopic (exact) mass is 331 g/mol. The van der Waals surface area contributed by atoms with Gasteiger partial charge in [0.25, 0.3) is 0 Å². The van der Waals surface area contributed by atoms with E-state index in [1.54, 1.807) is 0 Å². The largest absolute Gasteiger partial charge is 0.322 e. The Bertz CT molecular complexity index is 489. The van der Waals surface area contributed by atoms with Gasteiger partial charge in [-0.25, -0.2) is 8.78 Å². The molecule has 0 saturated carbocycles. The van der Waals surface area contributed by atoms with Crippen molar-refractivity contribution in [3.63, 3.8) is 0 Å². The maximum Gasteiger partial charge on any atom is 0.145 e. The minimum Gasteiger partial charge on any atom is -0.322 e. The van der Waals surface area contributed by atoms with Gasteiger partial charge in [0.15, 0.2) is 0 Å². The van der Waals surface area contributed by atoms with Gasteiger partial charge in [-0.05, 0) is 28.1 Å². The number of nitrogens with two attached hydrogens (primary N) is 1. The molecule has 1 aromatic carbocycles. The highest BCUT2D eigenvalue weighted by atomic mass is 79.9. The molecule has 4 rings (SSSR count). The second-order valence-corrected chi connectivity index (χ2v) is 6.04. The van der Waals surface area contributed by atoms with Crippen molar-refractivity contribution in [1.29, 1.82) is 0 Å². The van der Waals surface area contributed by atoms with Crippen molar-refractivity contribution in [1.82, 2.24) is 9.80 Å². The van der Waals surface area contributed by atoms with Crippen LogP contribution in [0.25, 0.3) is 0 Å². The lowest BCUT2D eigenvalue weighted by Gasteiger charge is -2.49. The summed E-state index contributed by atoms with van der Waals surface area (Å²) in [4.78, 5) is 4.54. The highest BCUT2D eigenvalue weighted by Crippen LogP contribution is 2.31. The number of fused-ring (bicyclic) bond motifs is 3. The molecule has 0 amide bonds. The Morgan fingerprint density at radius 3 is 2.47 bits per heavy atom. The number of nitrogens with zero attached hydrogens (tertiary/aromatic N) is 2. The zero-order valence-corrected chi connectivity index (χ0v) is 12.0. The third-order valence-corrected chi connectivity index (χ3v) is 4.76. The SMILES string of the molecule is NC(c1c(F)ccc(Br)c1F)C1CN2CCN1CC2. The topological polar surface area (TPSA) is 32.5 Å². The molecule has 0 aliphatic carbocycles. The fourth-order valence-corrected chi connectivity index (χ4v) is 3.38. The average molecular weight is 332 g/mol. The summed E-state index contributed by atoms with van der Waals surface area (Å²) in [6.45, 7) is 4.68. The molecule has 0 spiro atoms. The van der Waals surface area contributed by atoms with E-state index in [1.165, 1.54) is 12.1 Å². The van der Waals surface area contributed by atoms with E-state index in [1.807, 2.05) is 0 Å². The van der Waals surface area contributed by atoms with Gasteiger partial charge >= 0.3 is 0 Å². The van der Waals surface area contributed by atoms with Gasteiger partial charge in [0.2, 0.25) is 0 Å². The van der Waals surface area contributed by atoms with E-state index >= 15 is 0 Å². The van der Waals surface area contributed by atoms with Crippen LogP contribution in [0.2, 0.25) is 0 Å². The van der Waals surface area contributed by atoms with E-state index in [2.05, 4.69) is 25.7 Å². The van der Waals surface area contributed by atoms with Crippen LogP contribution in [0.4, 0.5) is 8.78 Å². The first kappa shape index (κ1) is 13.4. The Morgan fingerprint density at radius 1 is 1.21 bits per heavy atom. The van der Waals surface area contributed by atoms with Crippen LogP contribution < -0.4 is 5.73 Å². The van der Waals surface area contributed by atoms with Crippen molar-refractivity contribution in [3.05, 3.63) is 33.8 Å². The molecule has 1 aromatic rings. The predicted molar refractivity (Wildman–Crippen MR) is 72.8 cm³/mol. The third-order valence-electron chi connectivity index (χ3n) is 4.15. The van der Waals surface area contributed by atoms with E-state index in [0.29, 0.717) is 0 Å². The molecule has 2 atom stereocenters. The molecule has 104 valence electrons. The zero-order chi connectivity index (χ0) is 13.6. The summed E-state index contributed by atoms with van der Waals surface area (Å²) in [5.41, 5.74) is 6.15. The summed E-state index contributed by atoms with van der Waals surface area (Å²) in [6, 6.07) is 1.98. The van der Waals surface area contributed by atoms with Crippen molar-refractivity contribution in [2.75, 3.05) is 32.7 Å². The Balaban J connectivity index is 1.92. The third kappa shape index (κ3) is 2.31. The van der Waals surface area contributed by atoms with Crippen LogP contribution in [0.5, 0.6) is 0 Å². The van der Waals surface area contributed by atoms with Gasteiger partial charge in [-0.2, -0.15) is 0 Å². The Labute approximate surface area is 119 Å². The summed E-state index contributed by atoms with van der Waals surface area (Å²) in [5.74, 6) is -1.14. The van der Waals surface area contributed by atoms with Gasteiger partial charge in [0.1, 0.15) is 11.6 Å². The minimum atomic E-state index is -0.638. The summed E-state index contributed by atoms with van der Waals surface area (Å²) in [5, 5.41) is 0. The molecule has 3 saturated heterocycles. The number of rotatable bonds is 2. The van der Waals surface area contributed by atoms with Gasteiger partial charge in [0, 0.05) is 44.3 Å². The molecule has 3 heterocycles.